The van der Waals surface area contributed by atoms with Crippen LogP contribution >= 0.6 is 0 Å². The Morgan fingerprint density at radius 1 is 0.971 bits per heavy atom. The van der Waals surface area contributed by atoms with Crippen molar-refractivity contribution in [1.82, 2.24) is 19.7 Å². The van der Waals surface area contributed by atoms with Gasteiger partial charge in [-0.05, 0) is 74.0 Å². The van der Waals surface area contributed by atoms with Crippen LogP contribution in [0.4, 0.5) is 4.39 Å². The van der Waals surface area contributed by atoms with Crippen LogP contribution in [0.1, 0.15) is 36.1 Å². The fourth-order valence-corrected chi connectivity index (χ4v) is 4.74. The van der Waals surface area contributed by atoms with E-state index < -0.39 is 0 Å². The molecule has 174 valence electrons. The SMILES string of the molecule is COC(CN1CCC(c2cc(-c3ccc(F)cc3)nn2-c2ccccn2)CC1)c1ccccc1. The highest BCUT2D eigenvalue weighted by molar-refractivity contribution is 5.60. The molecule has 3 heterocycles. The lowest BCUT2D eigenvalue weighted by atomic mass is 9.92. The third kappa shape index (κ3) is 4.93. The van der Waals surface area contributed by atoms with Crippen LogP contribution in [-0.4, -0.2) is 46.4 Å². The fourth-order valence-electron chi connectivity index (χ4n) is 4.74. The first-order valence-electron chi connectivity index (χ1n) is 11.8. The standard InChI is InChI=1S/C28H29FN4O/c1-34-27(23-7-3-2-4-8-23)20-32-17-14-22(15-18-32)26-19-25(21-10-12-24(29)13-11-21)31-33(26)28-9-5-6-16-30-28/h2-13,16,19,22,27H,14-15,17-18,20H2,1H3. The van der Waals surface area contributed by atoms with Crippen LogP contribution in [0.5, 0.6) is 0 Å². The molecular weight excluding hydrogens is 427 g/mol. The number of hydrogen-bond acceptors (Lipinski definition) is 4. The molecule has 0 aliphatic carbocycles. The van der Waals surface area contributed by atoms with Crippen molar-refractivity contribution in [3.05, 3.63) is 102 Å². The first-order chi connectivity index (χ1) is 16.7. The number of pyridine rings is 1. The predicted octanol–water partition coefficient (Wildman–Crippen LogP) is 5.64. The quantitative estimate of drug-likeness (QED) is 0.361. The van der Waals surface area contributed by atoms with Crippen molar-refractivity contribution < 1.29 is 9.13 Å². The number of benzene rings is 2. The molecule has 0 bridgehead atoms. The van der Waals surface area contributed by atoms with Gasteiger partial charge in [0.2, 0.25) is 0 Å². The van der Waals surface area contributed by atoms with Gasteiger partial charge >= 0.3 is 0 Å². The topological polar surface area (TPSA) is 43.2 Å². The summed E-state index contributed by atoms with van der Waals surface area (Å²) in [7, 11) is 1.78. The fraction of sp³-hybridized carbons (Fsp3) is 0.286. The third-order valence-electron chi connectivity index (χ3n) is 6.63. The van der Waals surface area contributed by atoms with Crippen molar-refractivity contribution in [1.29, 1.82) is 0 Å². The van der Waals surface area contributed by atoms with Crippen LogP contribution in [0.15, 0.2) is 85.1 Å². The number of aromatic nitrogens is 3. The van der Waals surface area contributed by atoms with E-state index in [4.69, 9.17) is 9.84 Å². The molecule has 1 fully saturated rings. The summed E-state index contributed by atoms with van der Waals surface area (Å²) in [6.07, 6.45) is 3.93. The summed E-state index contributed by atoms with van der Waals surface area (Å²) in [6, 6.07) is 24.9. The Morgan fingerprint density at radius 3 is 2.38 bits per heavy atom. The zero-order valence-corrected chi connectivity index (χ0v) is 19.3. The second-order valence-corrected chi connectivity index (χ2v) is 8.77. The van der Waals surface area contributed by atoms with Crippen molar-refractivity contribution in [2.75, 3.05) is 26.7 Å². The van der Waals surface area contributed by atoms with E-state index in [2.05, 4.69) is 40.2 Å². The minimum absolute atomic E-state index is 0.0712. The molecule has 4 aromatic rings. The Kier molecular flexibility index (Phi) is 6.79. The number of halogens is 1. The van der Waals surface area contributed by atoms with Gasteiger partial charge in [0.1, 0.15) is 5.82 Å². The minimum atomic E-state index is -0.245. The summed E-state index contributed by atoms with van der Waals surface area (Å²) < 4.78 is 21.2. The van der Waals surface area contributed by atoms with Gasteiger partial charge in [-0.25, -0.2) is 14.1 Å². The van der Waals surface area contributed by atoms with E-state index in [0.717, 1.165) is 55.2 Å². The largest absolute Gasteiger partial charge is 0.375 e. The minimum Gasteiger partial charge on any atom is -0.375 e. The van der Waals surface area contributed by atoms with Crippen LogP contribution in [-0.2, 0) is 4.74 Å². The van der Waals surface area contributed by atoms with E-state index in [-0.39, 0.29) is 11.9 Å². The maximum absolute atomic E-state index is 13.5. The van der Waals surface area contributed by atoms with E-state index in [9.17, 15) is 4.39 Å². The number of nitrogens with zero attached hydrogens (tertiary/aromatic N) is 4. The van der Waals surface area contributed by atoms with Gasteiger partial charge in [-0.3, -0.25) is 0 Å². The maximum Gasteiger partial charge on any atom is 0.153 e. The zero-order valence-electron chi connectivity index (χ0n) is 19.3. The number of likely N-dealkylation sites (tertiary alicyclic amines) is 1. The average molecular weight is 457 g/mol. The third-order valence-corrected chi connectivity index (χ3v) is 6.63. The molecule has 2 aromatic carbocycles. The van der Waals surface area contributed by atoms with E-state index >= 15 is 0 Å². The first kappa shape index (κ1) is 22.4. The smallest absolute Gasteiger partial charge is 0.153 e. The summed E-state index contributed by atoms with van der Waals surface area (Å²) in [4.78, 5) is 7.02. The molecule has 0 amide bonds. The van der Waals surface area contributed by atoms with Crippen molar-refractivity contribution in [2.45, 2.75) is 24.9 Å². The van der Waals surface area contributed by atoms with Crippen molar-refractivity contribution in [3.63, 3.8) is 0 Å². The second kappa shape index (κ2) is 10.3. The Balaban J connectivity index is 1.35. The molecule has 1 unspecified atom stereocenters. The van der Waals surface area contributed by atoms with Crippen molar-refractivity contribution in [3.8, 4) is 17.1 Å². The van der Waals surface area contributed by atoms with Crippen LogP contribution in [0, 0.1) is 5.82 Å². The van der Waals surface area contributed by atoms with E-state index in [1.165, 1.54) is 17.7 Å². The first-order valence-corrected chi connectivity index (χ1v) is 11.8. The lowest BCUT2D eigenvalue weighted by molar-refractivity contribution is 0.0545. The van der Waals surface area contributed by atoms with Gasteiger partial charge in [0.05, 0.1) is 11.8 Å². The number of ether oxygens (including phenoxy) is 1. The summed E-state index contributed by atoms with van der Waals surface area (Å²) >= 11 is 0. The zero-order chi connectivity index (χ0) is 23.3. The predicted molar refractivity (Wildman–Crippen MR) is 131 cm³/mol. The Morgan fingerprint density at radius 2 is 1.71 bits per heavy atom. The highest BCUT2D eigenvalue weighted by atomic mass is 19.1. The van der Waals surface area contributed by atoms with Gasteiger partial charge in [0.15, 0.2) is 5.82 Å². The highest BCUT2D eigenvalue weighted by Crippen LogP contribution is 2.33. The van der Waals surface area contributed by atoms with E-state index in [1.807, 2.05) is 28.9 Å². The van der Waals surface area contributed by atoms with Crippen LogP contribution < -0.4 is 0 Å². The molecule has 1 aliphatic rings. The highest BCUT2D eigenvalue weighted by Gasteiger charge is 2.27. The number of piperidine rings is 1. The van der Waals surface area contributed by atoms with Gasteiger partial charge in [-0.15, -0.1) is 0 Å². The molecule has 0 saturated carbocycles. The van der Waals surface area contributed by atoms with Gasteiger partial charge < -0.3 is 9.64 Å². The van der Waals surface area contributed by atoms with Gasteiger partial charge in [-0.2, -0.15) is 5.10 Å². The molecule has 0 spiro atoms. The molecular formula is C28H29FN4O. The van der Waals surface area contributed by atoms with Gasteiger partial charge in [0, 0.05) is 37.0 Å². The normalized spacial score (nSPS) is 15.9. The number of hydrogen-bond donors (Lipinski definition) is 0. The van der Waals surface area contributed by atoms with E-state index in [0.29, 0.717) is 5.92 Å². The number of rotatable bonds is 7. The Hall–Kier alpha value is -3.35. The lowest BCUT2D eigenvalue weighted by Crippen LogP contribution is -2.36. The molecule has 6 heteroatoms. The molecule has 1 saturated heterocycles. The van der Waals surface area contributed by atoms with Crippen LogP contribution in [0.3, 0.4) is 0 Å². The molecule has 2 aromatic heterocycles. The molecule has 5 rings (SSSR count). The second-order valence-electron chi connectivity index (χ2n) is 8.77. The van der Waals surface area contributed by atoms with Crippen LogP contribution in [0.2, 0.25) is 0 Å². The molecule has 1 aliphatic heterocycles. The van der Waals surface area contributed by atoms with Gasteiger partial charge in [0.25, 0.3) is 0 Å². The monoisotopic (exact) mass is 456 g/mol. The molecule has 34 heavy (non-hydrogen) atoms. The molecule has 0 N–H and O–H groups in total. The summed E-state index contributed by atoms with van der Waals surface area (Å²) in [5.74, 6) is 0.930. The Labute approximate surface area is 199 Å². The molecule has 5 nitrogen and oxygen atoms in total. The summed E-state index contributed by atoms with van der Waals surface area (Å²) in [5.41, 5.74) is 4.11. The van der Waals surface area contributed by atoms with Crippen molar-refractivity contribution in [2.24, 2.45) is 0 Å². The molecule has 0 radical (unpaired) electrons. The van der Waals surface area contributed by atoms with Gasteiger partial charge in [-0.1, -0.05) is 36.4 Å². The average Bonchev–Trinajstić information content (AvgIpc) is 3.34. The number of methoxy groups -OCH3 is 1. The Bertz CT molecular complexity index is 1190. The molecule has 1 atom stereocenters. The van der Waals surface area contributed by atoms with E-state index in [1.54, 1.807) is 25.4 Å². The van der Waals surface area contributed by atoms with Crippen LogP contribution in [0.25, 0.3) is 17.1 Å². The maximum atomic E-state index is 13.5. The van der Waals surface area contributed by atoms with Crippen molar-refractivity contribution >= 4 is 0 Å². The summed E-state index contributed by atoms with van der Waals surface area (Å²) in [6.45, 7) is 2.88. The summed E-state index contributed by atoms with van der Waals surface area (Å²) in [5, 5.41) is 4.87. The lowest BCUT2D eigenvalue weighted by Gasteiger charge is -2.34.